The van der Waals surface area contributed by atoms with E-state index in [0.717, 1.165) is 31.2 Å². The van der Waals surface area contributed by atoms with Crippen LogP contribution in [0.4, 0.5) is 0 Å². The van der Waals surface area contributed by atoms with Crippen molar-refractivity contribution in [2.24, 2.45) is 5.14 Å². The molecule has 2 unspecified atom stereocenters. The predicted octanol–water partition coefficient (Wildman–Crippen LogP) is 1.50. The number of benzene rings is 1. The summed E-state index contributed by atoms with van der Waals surface area (Å²) in [6, 6.07) is 9.91. The van der Waals surface area contributed by atoms with E-state index in [1.807, 2.05) is 30.3 Å². The van der Waals surface area contributed by atoms with Crippen LogP contribution < -0.4 is 5.14 Å². The van der Waals surface area contributed by atoms with Crippen LogP contribution in [-0.2, 0) is 30.4 Å². The van der Waals surface area contributed by atoms with E-state index < -0.39 is 22.2 Å². The first-order valence-electron chi connectivity index (χ1n) is 7.53. The summed E-state index contributed by atoms with van der Waals surface area (Å²) in [6.07, 6.45) is 3.77. The molecule has 6 nitrogen and oxygen atoms in total. The Morgan fingerprint density at radius 3 is 2.41 bits per heavy atom. The molecule has 0 radical (unpaired) electrons. The number of hydrogen-bond acceptors (Lipinski definition) is 5. The van der Waals surface area contributed by atoms with Crippen molar-refractivity contribution in [1.29, 1.82) is 0 Å². The summed E-state index contributed by atoms with van der Waals surface area (Å²) in [5.74, 6) is -0.578. The maximum Gasteiger partial charge on any atom is 0.333 e. The van der Waals surface area contributed by atoms with E-state index >= 15 is 0 Å². The van der Waals surface area contributed by atoms with Crippen LogP contribution in [-0.4, -0.2) is 33.0 Å². The molecule has 1 aliphatic heterocycles. The Hall–Kier alpha value is -0.990. The summed E-state index contributed by atoms with van der Waals surface area (Å²) in [5.41, 5.74) is 1.12. The first-order valence-corrected chi connectivity index (χ1v) is 9.00. The molecule has 1 saturated heterocycles. The molecule has 1 aromatic rings. The summed E-state index contributed by atoms with van der Waals surface area (Å²) in [5, 5.41) is 4.91. The highest BCUT2D eigenvalue weighted by atomic mass is 32.2. The van der Waals surface area contributed by atoms with E-state index in [1.54, 1.807) is 0 Å². The average Bonchev–Trinajstić information content (AvgIpc) is 3.05. The van der Waals surface area contributed by atoms with Crippen molar-refractivity contribution in [2.45, 2.75) is 50.1 Å². The Balaban J connectivity index is 1.71. The van der Waals surface area contributed by atoms with Gasteiger partial charge in [-0.1, -0.05) is 30.3 Å². The molecule has 1 aliphatic carbocycles. The average molecular weight is 327 g/mol. The minimum Gasteiger partial charge on any atom is -0.344 e. The molecular formula is C15H21NO5S. The van der Waals surface area contributed by atoms with Crippen LogP contribution in [0.3, 0.4) is 0 Å². The van der Waals surface area contributed by atoms with Gasteiger partial charge in [0.05, 0.1) is 12.7 Å². The standard InChI is InChI=1S/C15H21NO5S/c16-22(17,18)19-11-14-13(10-12-6-2-1-3-7-12)20-15(21-14)8-4-5-9-15/h1-3,6-7,13-14H,4-5,8-11H2,(H2,16,17,18). The molecule has 2 atom stereocenters. The Labute approximate surface area is 130 Å². The summed E-state index contributed by atoms with van der Waals surface area (Å²) in [7, 11) is -3.98. The van der Waals surface area contributed by atoms with Crippen LogP contribution in [0, 0.1) is 0 Å². The molecule has 2 N–H and O–H groups in total. The van der Waals surface area contributed by atoms with Crippen LogP contribution >= 0.6 is 0 Å². The molecule has 0 amide bonds. The van der Waals surface area contributed by atoms with Gasteiger partial charge in [-0.15, -0.1) is 0 Å². The maximum absolute atomic E-state index is 11.0. The highest BCUT2D eigenvalue weighted by Crippen LogP contribution is 2.42. The van der Waals surface area contributed by atoms with Gasteiger partial charge >= 0.3 is 10.3 Å². The molecule has 1 spiro atoms. The van der Waals surface area contributed by atoms with Crippen molar-refractivity contribution in [2.75, 3.05) is 6.61 Å². The largest absolute Gasteiger partial charge is 0.344 e. The van der Waals surface area contributed by atoms with Crippen molar-refractivity contribution >= 4 is 10.3 Å². The van der Waals surface area contributed by atoms with Gasteiger partial charge in [0.2, 0.25) is 0 Å². The molecular weight excluding hydrogens is 306 g/mol. The van der Waals surface area contributed by atoms with Gasteiger partial charge < -0.3 is 9.47 Å². The van der Waals surface area contributed by atoms with Gasteiger partial charge in [0.25, 0.3) is 0 Å². The lowest BCUT2D eigenvalue weighted by Crippen LogP contribution is -2.32. The van der Waals surface area contributed by atoms with Gasteiger partial charge in [-0.25, -0.2) is 5.14 Å². The number of rotatable bonds is 5. The van der Waals surface area contributed by atoms with E-state index in [1.165, 1.54) is 0 Å². The zero-order valence-corrected chi connectivity index (χ0v) is 13.1. The van der Waals surface area contributed by atoms with Gasteiger partial charge in [0.1, 0.15) is 6.10 Å². The van der Waals surface area contributed by atoms with Gasteiger partial charge in [0, 0.05) is 19.3 Å². The molecule has 22 heavy (non-hydrogen) atoms. The predicted molar refractivity (Wildman–Crippen MR) is 80.2 cm³/mol. The van der Waals surface area contributed by atoms with Crippen LogP contribution in [0.15, 0.2) is 30.3 Å². The fourth-order valence-corrected chi connectivity index (χ4v) is 3.53. The topological polar surface area (TPSA) is 87.9 Å². The van der Waals surface area contributed by atoms with E-state index in [2.05, 4.69) is 0 Å². The molecule has 2 aliphatic rings. The van der Waals surface area contributed by atoms with E-state index in [4.69, 9.17) is 18.8 Å². The lowest BCUT2D eigenvalue weighted by molar-refractivity contribution is -0.170. The minimum absolute atomic E-state index is 0.113. The second-order valence-electron chi connectivity index (χ2n) is 5.90. The van der Waals surface area contributed by atoms with Crippen molar-refractivity contribution in [1.82, 2.24) is 0 Å². The molecule has 0 aromatic heterocycles. The minimum atomic E-state index is -3.98. The molecule has 2 fully saturated rings. The SMILES string of the molecule is NS(=O)(=O)OCC1OC2(CCCC2)OC1Cc1ccccc1. The Bertz CT molecular complexity index is 598. The Morgan fingerprint density at radius 2 is 1.77 bits per heavy atom. The maximum atomic E-state index is 11.0. The van der Waals surface area contributed by atoms with Gasteiger partial charge in [-0.2, -0.15) is 8.42 Å². The van der Waals surface area contributed by atoms with Crippen LogP contribution in [0.25, 0.3) is 0 Å². The summed E-state index contributed by atoms with van der Waals surface area (Å²) in [4.78, 5) is 0. The second-order valence-corrected chi connectivity index (χ2v) is 7.12. The second kappa shape index (κ2) is 6.25. The first-order chi connectivity index (χ1) is 10.5. The van der Waals surface area contributed by atoms with E-state index in [9.17, 15) is 8.42 Å². The fraction of sp³-hybridized carbons (Fsp3) is 0.600. The fourth-order valence-electron chi connectivity index (χ4n) is 3.20. The van der Waals surface area contributed by atoms with Gasteiger partial charge in [-0.3, -0.25) is 4.18 Å². The first kappa shape index (κ1) is 15.9. The zero-order valence-electron chi connectivity index (χ0n) is 12.3. The van der Waals surface area contributed by atoms with Crippen LogP contribution in [0.5, 0.6) is 0 Å². The lowest BCUT2D eigenvalue weighted by atomic mass is 10.0. The number of ether oxygens (including phenoxy) is 2. The van der Waals surface area contributed by atoms with E-state index in [-0.39, 0.29) is 12.7 Å². The number of hydrogen-bond donors (Lipinski definition) is 1. The lowest BCUT2D eigenvalue weighted by Gasteiger charge is -2.22. The molecule has 1 saturated carbocycles. The van der Waals surface area contributed by atoms with Crippen molar-refractivity contribution in [3.63, 3.8) is 0 Å². The number of nitrogens with two attached hydrogens (primary N) is 1. The van der Waals surface area contributed by atoms with Crippen molar-refractivity contribution in [3.05, 3.63) is 35.9 Å². The van der Waals surface area contributed by atoms with Crippen molar-refractivity contribution < 1.29 is 22.1 Å². The summed E-state index contributed by atoms with van der Waals surface area (Å²) >= 11 is 0. The quantitative estimate of drug-likeness (QED) is 0.885. The monoisotopic (exact) mass is 327 g/mol. The molecule has 3 rings (SSSR count). The summed E-state index contributed by atoms with van der Waals surface area (Å²) in [6.45, 7) is -0.113. The van der Waals surface area contributed by atoms with E-state index in [0.29, 0.717) is 6.42 Å². The molecule has 1 heterocycles. The van der Waals surface area contributed by atoms with Crippen LogP contribution in [0.2, 0.25) is 0 Å². The Kier molecular flexibility index (Phi) is 4.52. The normalized spacial score (nSPS) is 27.5. The summed E-state index contributed by atoms with van der Waals surface area (Å²) < 4.78 is 39.0. The highest BCUT2D eigenvalue weighted by Gasteiger charge is 2.49. The molecule has 122 valence electrons. The van der Waals surface area contributed by atoms with Gasteiger partial charge in [-0.05, 0) is 18.4 Å². The molecule has 7 heteroatoms. The third kappa shape index (κ3) is 3.85. The van der Waals surface area contributed by atoms with Crippen LogP contribution in [0.1, 0.15) is 31.2 Å². The van der Waals surface area contributed by atoms with Crippen molar-refractivity contribution in [3.8, 4) is 0 Å². The molecule has 1 aromatic carbocycles. The third-order valence-corrected chi connectivity index (χ3v) is 4.65. The molecule has 0 bridgehead atoms. The third-order valence-electron chi connectivity index (χ3n) is 4.19. The Morgan fingerprint density at radius 1 is 1.14 bits per heavy atom. The highest BCUT2D eigenvalue weighted by molar-refractivity contribution is 7.84. The zero-order chi connectivity index (χ0) is 15.6. The van der Waals surface area contributed by atoms with Gasteiger partial charge in [0.15, 0.2) is 5.79 Å². The smallest absolute Gasteiger partial charge is 0.333 e.